The van der Waals surface area contributed by atoms with Gasteiger partial charge in [0.15, 0.2) is 0 Å². The summed E-state index contributed by atoms with van der Waals surface area (Å²) in [5.41, 5.74) is 3.31. The van der Waals surface area contributed by atoms with Gasteiger partial charge in [-0.1, -0.05) is 0 Å². The van der Waals surface area contributed by atoms with Crippen LogP contribution < -0.4 is 0 Å². The van der Waals surface area contributed by atoms with Crippen LogP contribution in [0.2, 0.25) is 9.26 Å². The van der Waals surface area contributed by atoms with Crippen LogP contribution in [0.15, 0.2) is 42.0 Å². The Morgan fingerprint density at radius 1 is 1.35 bits per heavy atom. The number of hydrogen-bond donors (Lipinski definition) is 0. The molecule has 110 valence electrons. The average molecular weight is 366 g/mol. The van der Waals surface area contributed by atoms with Gasteiger partial charge in [-0.05, 0) is 0 Å². The van der Waals surface area contributed by atoms with Crippen LogP contribution in [0.3, 0.4) is 0 Å². The van der Waals surface area contributed by atoms with Crippen LogP contribution in [0.25, 0.3) is 0 Å². The standard InChI is InChI=1S/C11H17.C5H5.2CH3.H2Si.Zr/c1-4-5-6-11-8-9(2)7-10(11)3;1-2-4-5-3-1;;;;/h8-9H,4-6H2,1-3H3;1-3H,4H2;2*1H3;1H2;. The molecule has 2 aliphatic rings. The molecule has 0 nitrogen and oxygen atoms in total. The molecule has 2 aliphatic carbocycles. The van der Waals surface area contributed by atoms with Crippen molar-refractivity contribution >= 4 is 6.88 Å². The SMILES string of the molecule is CCCCC1=CC(C)[C]([Zr]([CH3])([CH3])(=[SiH2])[C]2=CC=CC2)=C1C. The van der Waals surface area contributed by atoms with E-state index < -0.39 is 17.4 Å². The fourth-order valence-electron chi connectivity index (χ4n) is 4.21. The van der Waals surface area contributed by atoms with E-state index in [1.807, 2.05) is 3.28 Å². The van der Waals surface area contributed by atoms with Crippen molar-refractivity contribution in [2.45, 2.75) is 55.7 Å². The van der Waals surface area contributed by atoms with E-state index in [9.17, 15) is 0 Å². The molecule has 0 bridgehead atoms. The van der Waals surface area contributed by atoms with Crippen LogP contribution in [-0.4, -0.2) is 6.88 Å². The Morgan fingerprint density at radius 2 is 2.05 bits per heavy atom. The van der Waals surface area contributed by atoms with Gasteiger partial charge in [0.25, 0.3) is 0 Å². The minimum absolute atomic E-state index is 0.668. The van der Waals surface area contributed by atoms with Gasteiger partial charge in [-0.15, -0.1) is 0 Å². The first-order chi connectivity index (χ1) is 9.26. The summed E-state index contributed by atoms with van der Waals surface area (Å²) < 4.78 is 8.91. The van der Waals surface area contributed by atoms with Gasteiger partial charge in [-0.25, -0.2) is 0 Å². The number of allylic oxidation sites excluding steroid dienone is 8. The molecule has 0 fully saturated rings. The van der Waals surface area contributed by atoms with Crippen LogP contribution in [0.5, 0.6) is 0 Å². The first-order valence-corrected chi connectivity index (χ1v) is 21.4. The van der Waals surface area contributed by atoms with Crippen LogP contribution in [0.4, 0.5) is 0 Å². The van der Waals surface area contributed by atoms with Crippen LogP contribution in [-0.2, 0) is 17.4 Å². The number of hydrogen-bond acceptors (Lipinski definition) is 0. The number of unbranched alkanes of at least 4 members (excludes halogenated alkanes) is 1. The van der Waals surface area contributed by atoms with Crippen molar-refractivity contribution in [3.63, 3.8) is 0 Å². The third-order valence-electron chi connectivity index (χ3n) is 5.26. The van der Waals surface area contributed by atoms with E-state index in [4.69, 9.17) is 0 Å². The maximum absolute atomic E-state index is 2.88. The molecule has 0 aliphatic heterocycles. The molecular formula is C18H30SiZr. The average Bonchev–Trinajstić information content (AvgIpc) is 2.95. The van der Waals surface area contributed by atoms with Gasteiger partial charge in [0.2, 0.25) is 0 Å². The second-order valence-corrected chi connectivity index (χ2v) is 36.3. The van der Waals surface area contributed by atoms with E-state index in [0.29, 0.717) is 5.92 Å². The molecule has 1 unspecified atom stereocenters. The second-order valence-electron chi connectivity index (χ2n) is 7.63. The summed E-state index contributed by atoms with van der Waals surface area (Å²) in [4.78, 5) is 0. The first kappa shape index (κ1) is 16.4. The van der Waals surface area contributed by atoms with E-state index in [1.165, 1.54) is 25.7 Å². The van der Waals surface area contributed by atoms with E-state index in [2.05, 4.69) is 61.2 Å². The quantitative estimate of drug-likeness (QED) is 0.587. The molecule has 0 aromatic rings. The van der Waals surface area contributed by atoms with E-state index in [0.717, 1.165) is 0 Å². The third-order valence-corrected chi connectivity index (χ3v) is 22.5. The number of rotatable bonds is 5. The Labute approximate surface area is 127 Å². The molecule has 0 heterocycles. The van der Waals surface area contributed by atoms with Gasteiger partial charge < -0.3 is 0 Å². The van der Waals surface area contributed by atoms with E-state index >= 15 is 0 Å². The normalized spacial score (nSPS) is 23.4. The summed E-state index contributed by atoms with van der Waals surface area (Å²) in [5.74, 6) is 0.668. The van der Waals surface area contributed by atoms with Crippen molar-refractivity contribution < 1.29 is 17.4 Å². The van der Waals surface area contributed by atoms with Crippen molar-refractivity contribution in [3.8, 4) is 0 Å². The Kier molecular flexibility index (Phi) is 4.67. The van der Waals surface area contributed by atoms with Crippen molar-refractivity contribution in [1.29, 1.82) is 0 Å². The van der Waals surface area contributed by atoms with E-state index in [-0.39, 0.29) is 0 Å². The third kappa shape index (κ3) is 2.83. The molecule has 2 heteroatoms. The van der Waals surface area contributed by atoms with Crippen molar-refractivity contribution in [3.05, 3.63) is 42.0 Å². The molecule has 2 rings (SSSR count). The van der Waals surface area contributed by atoms with Crippen LogP contribution in [0.1, 0.15) is 46.5 Å². The fourth-order valence-corrected chi connectivity index (χ4v) is 20.7. The fraction of sp³-hybridized carbons (Fsp3) is 0.556. The first-order valence-electron chi connectivity index (χ1n) is 8.12. The zero-order chi connectivity index (χ0) is 15.0. The topological polar surface area (TPSA) is 0 Å². The predicted molar refractivity (Wildman–Crippen MR) is 91.6 cm³/mol. The maximum atomic E-state index is 2.64. The molecule has 0 saturated carbocycles. The molecule has 0 saturated heterocycles. The van der Waals surface area contributed by atoms with Gasteiger partial charge in [-0.2, -0.15) is 0 Å². The molecule has 0 aromatic heterocycles. The van der Waals surface area contributed by atoms with Crippen LogP contribution >= 0.6 is 0 Å². The van der Waals surface area contributed by atoms with Gasteiger partial charge in [-0.3, -0.25) is 0 Å². The Morgan fingerprint density at radius 3 is 2.60 bits per heavy atom. The molecule has 0 N–H and O–H groups in total. The summed E-state index contributed by atoms with van der Waals surface area (Å²) in [7, 11) is 0. The molecule has 0 amide bonds. The molecule has 1 atom stereocenters. The Hall–Kier alpha value is 0.0600. The summed E-state index contributed by atoms with van der Waals surface area (Å²) in [6.45, 7) is 9.50. The van der Waals surface area contributed by atoms with Gasteiger partial charge in [0.1, 0.15) is 0 Å². The monoisotopic (exact) mass is 364 g/mol. The van der Waals surface area contributed by atoms with Gasteiger partial charge in [0.05, 0.1) is 0 Å². The summed E-state index contributed by atoms with van der Waals surface area (Å²) >= 11 is -2.88. The van der Waals surface area contributed by atoms with E-state index in [1.54, 1.807) is 14.4 Å². The van der Waals surface area contributed by atoms with Crippen molar-refractivity contribution in [1.82, 2.24) is 0 Å². The zero-order valence-electron chi connectivity index (χ0n) is 13.9. The van der Waals surface area contributed by atoms with Crippen molar-refractivity contribution in [2.24, 2.45) is 5.92 Å². The molecule has 0 radical (unpaired) electrons. The zero-order valence-corrected chi connectivity index (χ0v) is 17.8. The van der Waals surface area contributed by atoms with Crippen molar-refractivity contribution in [2.75, 3.05) is 0 Å². The van der Waals surface area contributed by atoms with Gasteiger partial charge in [0, 0.05) is 0 Å². The second kappa shape index (κ2) is 5.69. The van der Waals surface area contributed by atoms with Gasteiger partial charge >= 0.3 is 128 Å². The molecule has 0 aromatic carbocycles. The summed E-state index contributed by atoms with van der Waals surface area (Å²) in [6, 6.07) is 0. The summed E-state index contributed by atoms with van der Waals surface area (Å²) in [6.07, 6.45) is 14.7. The Balaban J connectivity index is 2.42. The van der Waals surface area contributed by atoms with Crippen LogP contribution in [0, 0.1) is 5.92 Å². The predicted octanol–water partition coefficient (Wildman–Crippen LogP) is 5.20. The summed E-state index contributed by atoms with van der Waals surface area (Å²) in [5, 5.41) is 0. The molecule has 20 heavy (non-hydrogen) atoms. The minimum atomic E-state index is -2.88. The molecule has 0 spiro atoms. The Bertz CT molecular complexity index is 593. The molecular weight excluding hydrogens is 336 g/mol.